The minimum absolute atomic E-state index is 0.224. The number of para-hydroxylation sites is 1. The van der Waals surface area contributed by atoms with Gasteiger partial charge in [-0.15, -0.1) is 0 Å². The lowest BCUT2D eigenvalue weighted by atomic mass is 9.88. The van der Waals surface area contributed by atoms with Crippen molar-refractivity contribution < 1.29 is 12.8 Å². The third-order valence-corrected chi connectivity index (χ3v) is 7.01. The van der Waals surface area contributed by atoms with Gasteiger partial charge in [-0.1, -0.05) is 64.0 Å². The average Bonchev–Trinajstić information content (AvgIpc) is 3.17. The zero-order valence-corrected chi connectivity index (χ0v) is 19.6. The zero-order chi connectivity index (χ0) is 22.0. The maximum Gasteiger partial charge on any atom is 0.261 e. The standard InChI is InChI=1S/C25H22BrNO3S/c1-17-7-14-21(15-8-17)31(28,29)27-23-6-4-3-5-22(23)25(24-16-9-18(2)30-24)19-10-12-20(26)13-11-19/h3-16,25,27H,1-2H3/t25-/m0/s1. The third kappa shape index (κ3) is 4.75. The molecule has 4 nitrogen and oxygen atoms in total. The number of furan rings is 1. The molecule has 4 aromatic rings. The molecule has 1 heterocycles. The quantitative estimate of drug-likeness (QED) is 0.326. The molecule has 0 radical (unpaired) electrons. The van der Waals surface area contributed by atoms with E-state index in [1.807, 2.05) is 68.4 Å². The summed E-state index contributed by atoms with van der Waals surface area (Å²) in [6.45, 7) is 3.82. The van der Waals surface area contributed by atoms with Crippen LogP contribution in [0.15, 0.2) is 98.7 Å². The van der Waals surface area contributed by atoms with Crippen LogP contribution >= 0.6 is 15.9 Å². The van der Waals surface area contributed by atoms with Gasteiger partial charge in [0.15, 0.2) is 0 Å². The fourth-order valence-electron chi connectivity index (χ4n) is 3.52. The molecule has 6 heteroatoms. The van der Waals surface area contributed by atoms with E-state index in [1.165, 1.54) is 0 Å². The maximum atomic E-state index is 13.1. The molecule has 1 aromatic heterocycles. The Hall–Kier alpha value is -2.83. The molecular weight excluding hydrogens is 474 g/mol. The van der Waals surface area contributed by atoms with Crippen molar-refractivity contribution in [3.63, 3.8) is 0 Å². The van der Waals surface area contributed by atoms with Crippen LogP contribution in [-0.4, -0.2) is 8.42 Å². The van der Waals surface area contributed by atoms with Gasteiger partial charge in [0.1, 0.15) is 11.5 Å². The van der Waals surface area contributed by atoms with Crippen LogP contribution in [-0.2, 0) is 10.0 Å². The highest BCUT2D eigenvalue weighted by Gasteiger charge is 2.25. The normalized spacial score (nSPS) is 12.5. The number of sulfonamides is 1. The van der Waals surface area contributed by atoms with Crippen LogP contribution in [0.4, 0.5) is 5.69 Å². The summed E-state index contributed by atoms with van der Waals surface area (Å²) >= 11 is 3.48. The van der Waals surface area contributed by atoms with Crippen LogP contribution in [0.25, 0.3) is 0 Å². The summed E-state index contributed by atoms with van der Waals surface area (Å²) in [7, 11) is -3.74. The first-order valence-corrected chi connectivity index (χ1v) is 12.1. The Labute approximate surface area is 191 Å². The molecule has 158 valence electrons. The van der Waals surface area contributed by atoms with Crippen molar-refractivity contribution in [3.8, 4) is 0 Å². The second-order valence-electron chi connectivity index (χ2n) is 7.44. The molecule has 1 N–H and O–H groups in total. The number of halogens is 1. The van der Waals surface area contributed by atoms with Crippen molar-refractivity contribution >= 4 is 31.6 Å². The van der Waals surface area contributed by atoms with Crippen molar-refractivity contribution in [2.24, 2.45) is 0 Å². The van der Waals surface area contributed by atoms with Crippen LogP contribution in [0.1, 0.15) is 34.1 Å². The van der Waals surface area contributed by atoms with E-state index in [4.69, 9.17) is 4.42 Å². The summed E-state index contributed by atoms with van der Waals surface area (Å²) in [5.74, 6) is 1.29. The van der Waals surface area contributed by atoms with Gasteiger partial charge in [-0.25, -0.2) is 8.42 Å². The molecule has 0 amide bonds. The molecule has 0 aliphatic heterocycles. The van der Waals surface area contributed by atoms with Gasteiger partial charge in [0.25, 0.3) is 10.0 Å². The Morgan fingerprint density at radius 3 is 2.16 bits per heavy atom. The largest absolute Gasteiger partial charge is 0.465 e. The van der Waals surface area contributed by atoms with Crippen molar-refractivity contribution in [1.82, 2.24) is 0 Å². The summed E-state index contributed by atoms with van der Waals surface area (Å²) < 4.78 is 35.9. The van der Waals surface area contributed by atoms with E-state index in [-0.39, 0.29) is 10.8 Å². The predicted octanol–water partition coefficient (Wildman–Crippen LogP) is 6.64. The highest BCUT2D eigenvalue weighted by Crippen LogP contribution is 2.38. The Bertz CT molecular complexity index is 1290. The molecule has 0 unspecified atom stereocenters. The second-order valence-corrected chi connectivity index (χ2v) is 10.0. The summed E-state index contributed by atoms with van der Waals surface area (Å²) in [5.41, 5.74) is 3.34. The first-order valence-electron chi connectivity index (χ1n) is 9.84. The van der Waals surface area contributed by atoms with Crippen LogP contribution in [0, 0.1) is 13.8 Å². The molecule has 1 atom stereocenters. The Balaban J connectivity index is 1.80. The van der Waals surface area contributed by atoms with Gasteiger partial charge < -0.3 is 4.42 Å². The Morgan fingerprint density at radius 2 is 1.52 bits per heavy atom. The van der Waals surface area contributed by atoms with Crippen molar-refractivity contribution in [2.45, 2.75) is 24.7 Å². The first-order chi connectivity index (χ1) is 14.8. The summed E-state index contributed by atoms with van der Waals surface area (Å²) in [6.07, 6.45) is 0. The minimum Gasteiger partial charge on any atom is -0.465 e. The SMILES string of the molecule is Cc1ccc(S(=O)(=O)Nc2ccccc2[C@H](c2ccc(Br)cc2)c2ccc(C)o2)cc1. The van der Waals surface area contributed by atoms with Gasteiger partial charge in [-0.05, 0) is 67.4 Å². The number of nitrogens with one attached hydrogen (secondary N) is 1. The first kappa shape index (κ1) is 21.4. The molecule has 0 aliphatic rings. The van der Waals surface area contributed by atoms with Crippen molar-refractivity contribution in [1.29, 1.82) is 0 Å². The number of hydrogen-bond donors (Lipinski definition) is 1. The molecule has 0 bridgehead atoms. The van der Waals surface area contributed by atoms with Gasteiger partial charge in [-0.2, -0.15) is 0 Å². The Morgan fingerprint density at radius 1 is 0.839 bits per heavy atom. The topological polar surface area (TPSA) is 59.3 Å². The van der Waals surface area contributed by atoms with Gasteiger partial charge in [-0.3, -0.25) is 4.72 Å². The van der Waals surface area contributed by atoms with Gasteiger partial charge in [0.2, 0.25) is 0 Å². The number of benzene rings is 3. The van der Waals surface area contributed by atoms with Crippen LogP contribution in [0.5, 0.6) is 0 Å². The van der Waals surface area contributed by atoms with E-state index in [2.05, 4.69) is 20.7 Å². The van der Waals surface area contributed by atoms with E-state index >= 15 is 0 Å². The molecule has 4 rings (SSSR count). The molecule has 0 saturated carbocycles. The molecular formula is C25H22BrNO3S. The zero-order valence-electron chi connectivity index (χ0n) is 17.2. The van der Waals surface area contributed by atoms with Crippen molar-refractivity contribution in [2.75, 3.05) is 4.72 Å². The smallest absolute Gasteiger partial charge is 0.261 e. The van der Waals surface area contributed by atoms with Crippen molar-refractivity contribution in [3.05, 3.63) is 118 Å². The number of aryl methyl sites for hydroxylation is 2. The second kappa shape index (κ2) is 8.73. The van der Waals surface area contributed by atoms with Gasteiger partial charge >= 0.3 is 0 Å². The van der Waals surface area contributed by atoms with E-state index in [1.54, 1.807) is 30.3 Å². The molecule has 3 aromatic carbocycles. The molecule has 0 aliphatic carbocycles. The fraction of sp³-hybridized carbons (Fsp3) is 0.120. The van der Waals surface area contributed by atoms with Gasteiger partial charge in [0, 0.05) is 4.47 Å². The van der Waals surface area contributed by atoms with E-state index in [9.17, 15) is 8.42 Å². The minimum atomic E-state index is -3.74. The molecule has 0 fully saturated rings. The fourth-order valence-corrected chi connectivity index (χ4v) is 4.88. The summed E-state index contributed by atoms with van der Waals surface area (Å²) in [5, 5.41) is 0. The third-order valence-electron chi connectivity index (χ3n) is 5.10. The monoisotopic (exact) mass is 495 g/mol. The summed E-state index contributed by atoms with van der Waals surface area (Å²) in [4.78, 5) is 0.224. The molecule has 0 spiro atoms. The molecule has 0 saturated heterocycles. The maximum absolute atomic E-state index is 13.1. The lowest BCUT2D eigenvalue weighted by Crippen LogP contribution is -2.15. The number of rotatable bonds is 6. The van der Waals surface area contributed by atoms with E-state index in [0.29, 0.717) is 5.69 Å². The molecule has 31 heavy (non-hydrogen) atoms. The van der Waals surface area contributed by atoms with Crippen LogP contribution in [0.3, 0.4) is 0 Å². The van der Waals surface area contributed by atoms with E-state index in [0.717, 1.165) is 32.7 Å². The number of hydrogen-bond acceptors (Lipinski definition) is 3. The average molecular weight is 496 g/mol. The summed E-state index contributed by atoms with van der Waals surface area (Å²) in [6, 6.07) is 26.1. The van der Waals surface area contributed by atoms with E-state index < -0.39 is 10.0 Å². The van der Waals surface area contributed by atoms with Crippen LogP contribution in [0.2, 0.25) is 0 Å². The van der Waals surface area contributed by atoms with Gasteiger partial charge in [0.05, 0.1) is 16.5 Å². The highest BCUT2D eigenvalue weighted by atomic mass is 79.9. The van der Waals surface area contributed by atoms with Crippen LogP contribution < -0.4 is 4.72 Å². The lowest BCUT2D eigenvalue weighted by Gasteiger charge is -2.20. The lowest BCUT2D eigenvalue weighted by molar-refractivity contribution is 0.478. The number of anilines is 1. The highest BCUT2D eigenvalue weighted by molar-refractivity contribution is 9.10. The Kier molecular flexibility index (Phi) is 6.03. The predicted molar refractivity (Wildman–Crippen MR) is 127 cm³/mol.